The van der Waals surface area contributed by atoms with Crippen LogP contribution in [0.25, 0.3) is 0 Å². The van der Waals surface area contributed by atoms with Crippen LogP contribution in [0.5, 0.6) is 0 Å². The lowest BCUT2D eigenvalue weighted by molar-refractivity contribution is -0.148. The van der Waals surface area contributed by atoms with Gasteiger partial charge in [-0.2, -0.15) is 0 Å². The molecule has 2 saturated heterocycles. The van der Waals surface area contributed by atoms with Crippen LogP contribution in [0.3, 0.4) is 0 Å². The molecule has 2 fully saturated rings. The summed E-state index contributed by atoms with van der Waals surface area (Å²) >= 11 is 0. The van der Waals surface area contributed by atoms with Gasteiger partial charge in [-0.05, 0) is 84.2 Å². The van der Waals surface area contributed by atoms with Crippen molar-refractivity contribution in [1.82, 2.24) is 5.32 Å². The summed E-state index contributed by atoms with van der Waals surface area (Å²) < 4.78 is 59.4. The largest absolute Gasteiger partial charge is 0.464 e. The average molecular weight is 639 g/mol. The Morgan fingerprint density at radius 3 is 2.26 bits per heavy atom. The molecule has 246 valence electrons. The average Bonchev–Trinajstić information content (AvgIpc) is 3.06. The van der Waals surface area contributed by atoms with Gasteiger partial charge in [-0.3, -0.25) is 9.59 Å². The molecular formula is C36H41F3N2O5. The molecule has 4 atom stereocenters. The normalized spacial score (nSPS) is 20.8. The van der Waals surface area contributed by atoms with Crippen LogP contribution in [0.2, 0.25) is 0 Å². The third-order valence-corrected chi connectivity index (χ3v) is 8.81. The van der Waals surface area contributed by atoms with Crippen LogP contribution in [-0.4, -0.2) is 62.9 Å². The molecule has 5 rings (SSSR count). The number of esters is 1. The third-order valence-electron chi connectivity index (χ3n) is 8.81. The van der Waals surface area contributed by atoms with E-state index in [4.69, 9.17) is 19.9 Å². The summed E-state index contributed by atoms with van der Waals surface area (Å²) in [6, 6.07) is 14.9. The number of ketones is 1. The second-order valence-corrected chi connectivity index (χ2v) is 12.2. The summed E-state index contributed by atoms with van der Waals surface area (Å²) in [6.07, 6.45) is 2.87. The van der Waals surface area contributed by atoms with Gasteiger partial charge in [-0.25, -0.2) is 13.2 Å². The summed E-state index contributed by atoms with van der Waals surface area (Å²) in [5, 5.41) is 3.35. The van der Waals surface area contributed by atoms with Gasteiger partial charge < -0.3 is 25.3 Å². The first-order valence-electron chi connectivity index (χ1n) is 15.9. The molecule has 10 heteroatoms. The number of hydrogen-bond donors (Lipinski definition) is 2. The lowest BCUT2D eigenvalue weighted by Gasteiger charge is -2.30. The van der Waals surface area contributed by atoms with E-state index >= 15 is 4.39 Å². The van der Waals surface area contributed by atoms with E-state index in [1.165, 1.54) is 30.3 Å². The molecule has 3 aromatic rings. The quantitative estimate of drug-likeness (QED) is 0.254. The number of carbonyl (C=O) groups is 2. The molecule has 2 aliphatic heterocycles. The molecule has 0 unspecified atom stereocenters. The highest BCUT2D eigenvalue weighted by Gasteiger charge is 2.29. The first kappa shape index (κ1) is 33.8. The monoisotopic (exact) mass is 638 g/mol. The Bertz CT molecular complexity index is 1390. The Morgan fingerprint density at radius 1 is 0.957 bits per heavy atom. The van der Waals surface area contributed by atoms with Crippen LogP contribution in [0.4, 0.5) is 13.2 Å². The van der Waals surface area contributed by atoms with Crippen LogP contribution in [0, 0.1) is 23.4 Å². The smallest absolute Gasteiger partial charge is 0.306 e. The molecule has 2 aliphatic rings. The minimum absolute atomic E-state index is 0.0999. The minimum Gasteiger partial charge on any atom is -0.464 e. The molecule has 7 nitrogen and oxygen atoms in total. The van der Waals surface area contributed by atoms with Crippen molar-refractivity contribution in [2.24, 2.45) is 11.7 Å². The van der Waals surface area contributed by atoms with E-state index in [1.54, 1.807) is 36.4 Å². The van der Waals surface area contributed by atoms with Gasteiger partial charge in [0.05, 0.1) is 31.2 Å². The van der Waals surface area contributed by atoms with Crippen molar-refractivity contribution < 1.29 is 37.0 Å². The number of nitrogens with one attached hydrogen (secondary N) is 1. The molecule has 3 aromatic carbocycles. The van der Waals surface area contributed by atoms with Gasteiger partial charge >= 0.3 is 5.97 Å². The van der Waals surface area contributed by atoms with E-state index < -0.39 is 29.4 Å². The Hall–Kier alpha value is -3.57. The van der Waals surface area contributed by atoms with Gasteiger partial charge in [-0.1, -0.05) is 36.4 Å². The summed E-state index contributed by atoms with van der Waals surface area (Å²) in [4.78, 5) is 25.8. The zero-order chi connectivity index (χ0) is 32.5. The van der Waals surface area contributed by atoms with Gasteiger partial charge in [0.2, 0.25) is 0 Å². The maximum absolute atomic E-state index is 15.1. The summed E-state index contributed by atoms with van der Waals surface area (Å²) in [5.74, 6) is -2.27. The Labute approximate surface area is 267 Å². The van der Waals surface area contributed by atoms with Gasteiger partial charge in [0, 0.05) is 32.1 Å². The van der Waals surface area contributed by atoms with Gasteiger partial charge in [0.25, 0.3) is 0 Å². The van der Waals surface area contributed by atoms with Crippen molar-refractivity contribution in [3.05, 3.63) is 106 Å². The maximum atomic E-state index is 15.1. The molecule has 0 spiro atoms. The van der Waals surface area contributed by atoms with Crippen LogP contribution in [0.15, 0.2) is 66.7 Å². The highest BCUT2D eigenvalue weighted by Crippen LogP contribution is 2.30. The molecular weight excluding hydrogens is 597 g/mol. The second-order valence-electron chi connectivity index (χ2n) is 12.2. The first-order valence-corrected chi connectivity index (χ1v) is 15.9. The van der Waals surface area contributed by atoms with Gasteiger partial charge in [0.1, 0.15) is 24.1 Å². The zero-order valence-electron chi connectivity index (χ0n) is 25.8. The molecule has 0 aromatic heterocycles. The van der Waals surface area contributed by atoms with Crippen molar-refractivity contribution >= 4 is 11.8 Å². The number of nitrogens with two attached hydrogens (primary N) is 1. The summed E-state index contributed by atoms with van der Waals surface area (Å²) in [6.45, 7) is 2.44. The number of rotatable bonds is 13. The van der Waals surface area contributed by atoms with Gasteiger partial charge in [-0.15, -0.1) is 0 Å². The molecule has 3 N–H and O–H groups in total. The lowest BCUT2D eigenvalue weighted by Crippen LogP contribution is -2.49. The Morgan fingerprint density at radius 2 is 1.65 bits per heavy atom. The molecule has 0 aliphatic carbocycles. The third kappa shape index (κ3) is 9.25. The number of morpholine rings is 1. The highest BCUT2D eigenvalue weighted by molar-refractivity contribution is 5.87. The SMILES string of the molecule is N[C@H](C(=O)Cc1cccc(F)c1CC[C@@H]1CN[C@H](COC(=O)C[C@H]2CCCOC2)CO1)C(c1ccc(F)cc1)c1ccc(F)cc1. The number of halogens is 3. The predicted molar refractivity (Wildman–Crippen MR) is 167 cm³/mol. The van der Waals surface area contributed by atoms with Crippen LogP contribution in [-0.2, 0) is 36.6 Å². The summed E-state index contributed by atoms with van der Waals surface area (Å²) in [7, 11) is 0. The Kier molecular flexibility index (Phi) is 12.0. The number of hydrogen-bond acceptors (Lipinski definition) is 7. The fourth-order valence-corrected chi connectivity index (χ4v) is 6.21. The molecule has 0 amide bonds. The van der Waals surface area contributed by atoms with Gasteiger partial charge in [0.15, 0.2) is 5.78 Å². The zero-order valence-corrected chi connectivity index (χ0v) is 25.8. The predicted octanol–water partition coefficient (Wildman–Crippen LogP) is 5.02. The second kappa shape index (κ2) is 16.3. The van der Waals surface area contributed by atoms with E-state index in [-0.39, 0.29) is 42.8 Å². The molecule has 46 heavy (non-hydrogen) atoms. The van der Waals surface area contributed by atoms with Crippen molar-refractivity contribution in [1.29, 1.82) is 0 Å². The fraction of sp³-hybridized carbons (Fsp3) is 0.444. The standard InChI is InChI=1S/C36H41F3N2O5/c37-27-10-6-24(7-11-27)35(25-8-12-28(38)13-9-25)36(40)33(42)18-26-4-1-5-32(39)31(26)15-14-30-19-41-29(21-45-30)22-46-34(43)17-23-3-2-16-44-20-23/h1,4-13,23,29-30,35-36,41H,2-3,14-22,40H2/t23-,29+,30-,36-/m1/s1. The first-order chi connectivity index (χ1) is 22.3. The van der Waals surface area contributed by atoms with Crippen LogP contribution in [0.1, 0.15) is 53.9 Å². The van der Waals surface area contributed by atoms with E-state index in [2.05, 4.69) is 5.32 Å². The van der Waals surface area contributed by atoms with E-state index in [1.807, 2.05) is 0 Å². The molecule has 0 saturated carbocycles. The van der Waals surface area contributed by atoms with E-state index in [0.29, 0.717) is 61.3 Å². The van der Waals surface area contributed by atoms with Crippen molar-refractivity contribution in [2.45, 2.75) is 62.6 Å². The molecule has 0 bridgehead atoms. The van der Waals surface area contributed by atoms with E-state index in [9.17, 15) is 18.4 Å². The van der Waals surface area contributed by atoms with Crippen LogP contribution < -0.4 is 11.1 Å². The lowest BCUT2D eigenvalue weighted by atomic mass is 9.82. The van der Waals surface area contributed by atoms with E-state index in [0.717, 1.165) is 19.4 Å². The highest BCUT2D eigenvalue weighted by atomic mass is 19.1. The minimum atomic E-state index is -1.04. The topological polar surface area (TPSA) is 99.9 Å². The van der Waals surface area contributed by atoms with Crippen LogP contribution >= 0.6 is 0 Å². The number of carbonyl (C=O) groups excluding carboxylic acids is 2. The maximum Gasteiger partial charge on any atom is 0.306 e. The fourth-order valence-electron chi connectivity index (χ4n) is 6.21. The number of Topliss-reactive ketones (excluding diaryl/α,β-unsaturated/α-hetero) is 1. The summed E-state index contributed by atoms with van der Waals surface area (Å²) in [5.41, 5.74) is 8.72. The Balaban J connectivity index is 1.16. The van der Waals surface area contributed by atoms with Crippen molar-refractivity contribution in [3.63, 3.8) is 0 Å². The van der Waals surface area contributed by atoms with Crippen molar-refractivity contribution in [3.8, 4) is 0 Å². The number of benzene rings is 3. The molecule has 0 radical (unpaired) electrons. The van der Waals surface area contributed by atoms with Crippen molar-refractivity contribution in [2.75, 3.05) is 33.0 Å². The number of ether oxygens (including phenoxy) is 3. The molecule has 2 heterocycles.